The van der Waals surface area contributed by atoms with E-state index in [-0.39, 0.29) is 5.91 Å². The molecule has 0 fully saturated rings. The summed E-state index contributed by atoms with van der Waals surface area (Å²) in [6.07, 6.45) is 4.07. The molecule has 5 heteroatoms. The number of nitrogens with zero attached hydrogens (tertiary/aromatic N) is 1. The number of rotatable bonds is 7. The van der Waals surface area contributed by atoms with Crippen LogP contribution in [-0.2, 0) is 6.42 Å². The zero-order chi connectivity index (χ0) is 15.8. The van der Waals surface area contributed by atoms with Gasteiger partial charge in [0.25, 0.3) is 5.91 Å². The van der Waals surface area contributed by atoms with Crippen LogP contribution in [0.2, 0.25) is 5.02 Å². The van der Waals surface area contributed by atoms with E-state index in [1.165, 1.54) is 5.56 Å². The molecule has 0 aliphatic rings. The van der Waals surface area contributed by atoms with E-state index in [4.69, 9.17) is 11.6 Å². The SMILES string of the molecule is C=CCNC(=O)c1ccc(NCCc2ccc(Cl)cc2)nc1. The van der Waals surface area contributed by atoms with Crippen LogP contribution < -0.4 is 10.6 Å². The number of hydrogen-bond donors (Lipinski definition) is 2. The molecule has 2 N–H and O–H groups in total. The second kappa shape index (κ2) is 8.20. The predicted molar refractivity (Wildman–Crippen MR) is 90.4 cm³/mol. The smallest absolute Gasteiger partial charge is 0.253 e. The molecule has 0 spiro atoms. The maximum Gasteiger partial charge on any atom is 0.253 e. The summed E-state index contributed by atoms with van der Waals surface area (Å²) in [4.78, 5) is 15.9. The van der Waals surface area contributed by atoms with Crippen molar-refractivity contribution in [3.8, 4) is 0 Å². The number of carbonyl (C=O) groups is 1. The van der Waals surface area contributed by atoms with Crippen LogP contribution in [0.1, 0.15) is 15.9 Å². The highest BCUT2D eigenvalue weighted by Crippen LogP contribution is 2.10. The van der Waals surface area contributed by atoms with Crippen LogP contribution in [0.5, 0.6) is 0 Å². The Hall–Kier alpha value is -2.33. The first-order valence-electron chi connectivity index (χ1n) is 7.02. The van der Waals surface area contributed by atoms with Crippen molar-refractivity contribution in [3.63, 3.8) is 0 Å². The van der Waals surface area contributed by atoms with E-state index in [9.17, 15) is 4.79 Å². The molecule has 0 aliphatic heterocycles. The normalized spacial score (nSPS) is 10.0. The number of amides is 1. The van der Waals surface area contributed by atoms with Gasteiger partial charge in [0.2, 0.25) is 0 Å². The van der Waals surface area contributed by atoms with Gasteiger partial charge in [-0.05, 0) is 36.2 Å². The lowest BCUT2D eigenvalue weighted by molar-refractivity contribution is 0.0957. The quantitative estimate of drug-likeness (QED) is 0.771. The minimum Gasteiger partial charge on any atom is -0.370 e. The molecule has 22 heavy (non-hydrogen) atoms. The molecule has 0 atom stereocenters. The number of benzene rings is 1. The first-order chi connectivity index (χ1) is 10.7. The molecule has 0 saturated heterocycles. The molecule has 2 rings (SSSR count). The fourth-order valence-corrected chi connectivity index (χ4v) is 2.01. The van der Waals surface area contributed by atoms with Gasteiger partial charge in [0.05, 0.1) is 5.56 Å². The Morgan fingerprint density at radius 2 is 2.00 bits per heavy atom. The summed E-state index contributed by atoms with van der Waals surface area (Å²) in [7, 11) is 0. The van der Waals surface area contributed by atoms with Gasteiger partial charge < -0.3 is 10.6 Å². The van der Waals surface area contributed by atoms with Crippen LogP contribution in [0.3, 0.4) is 0 Å². The zero-order valence-electron chi connectivity index (χ0n) is 12.2. The van der Waals surface area contributed by atoms with Crippen molar-refractivity contribution >= 4 is 23.3 Å². The number of nitrogens with one attached hydrogen (secondary N) is 2. The van der Waals surface area contributed by atoms with Crippen LogP contribution in [0.15, 0.2) is 55.3 Å². The molecule has 114 valence electrons. The van der Waals surface area contributed by atoms with Crippen molar-refractivity contribution in [3.05, 3.63) is 71.4 Å². The van der Waals surface area contributed by atoms with Crippen molar-refractivity contribution in [2.75, 3.05) is 18.4 Å². The number of carbonyl (C=O) groups excluding carboxylic acids is 1. The maximum absolute atomic E-state index is 11.7. The van der Waals surface area contributed by atoms with E-state index in [1.54, 1.807) is 24.4 Å². The summed E-state index contributed by atoms with van der Waals surface area (Å²) < 4.78 is 0. The third-order valence-electron chi connectivity index (χ3n) is 3.07. The van der Waals surface area contributed by atoms with Crippen molar-refractivity contribution < 1.29 is 4.79 Å². The molecule has 2 aromatic rings. The number of anilines is 1. The molecule has 1 heterocycles. The summed E-state index contributed by atoms with van der Waals surface area (Å²) in [5, 5.41) is 6.67. The van der Waals surface area contributed by atoms with Gasteiger partial charge >= 0.3 is 0 Å². The molecule has 0 radical (unpaired) electrons. The Kier molecular flexibility index (Phi) is 5.98. The van der Waals surface area contributed by atoms with Crippen molar-refractivity contribution in [2.45, 2.75) is 6.42 Å². The van der Waals surface area contributed by atoms with Crippen molar-refractivity contribution in [2.24, 2.45) is 0 Å². The highest BCUT2D eigenvalue weighted by Gasteiger charge is 2.04. The Labute approximate surface area is 135 Å². The summed E-state index contributed by atoms with van der Waals surface area (Å²) in [5.41, 5.74) is 1.74. The summed E-state index contributed by atoms with van der Waals surface area (Å²) in [6, 6.07) is 11.3. The monoisotopic (exact) mass is 315 g/mol. The lowest BCUT2D eigenvalue weighted by Crippen LogP contribution is -2.23. The highest BCUT2D eigenvalue weighted by atomic mass is 35.5. The Bertz CT molecular complexity index is 623. The second-order valence-corrected chi connectivity index (χ2v) is 5.17. The first kappa shape index (κ1) is 16.0. The van der Waals surface area contributed by atoms with Gasteiger partial charge in [0.1, 0.15) is 5.82 Å². The van der Waals surface area contributed by atoms with Gasteiger partial charge in [-0.3, -0.25) is 4.79 Å². The Balaban J connectivity index is 1.82. The first-order valence-corrected chi connectivity index (χ1v) is 7.40. The standard InChI is InChI=1S/C17H18ClN3O/c1-2-10-20-17(22)14-5-8-16(21-12-14)19-11-9-13-3-6-15(18)7-4-13/h2-8,12H,1,9-11H2,(H,19,21)(H,20,22). The van der Waals surface area contributed by atoms with E-state index in [1.807, 2.05) is 24.3 Å². The molecular formula is C17H18ClN3O. The molecule has 1 aromatic carbocycles. The average Bonchev–Trinajstić information content (AvgIpc) is 2.55. The van der Waals surface area contributed by atoms with Crippen molar-refractivity contribution in [1.82, 2.24) is 10.3 Å². The third kappa shape index (κ3) is 4.90. The van der Waals surface area contributed by atoms with E-state index in [0.29, 0.717) is 12.1 Å². The minimum absolute atomic E-state index is 0.153. The molecule has 0 saturated carbocycles. The van der Waals surface area contributed by atoms with Crippen LogP contribution in [-0.4, -0.2) is 24.0 Å². The fourth-order valence-electron chi connectivity index (χ4n) is 1.89. The predicted octanol–water partition coefficient (Wildman–Crippen LogP) is 3.31. The van der Waals surface area contributed by atoms with Gasteiger partial charge in [-0.2, -0.15) is 0 Å². The summed E-state index contributed by atoms with van der Waals surface area (Å²) in [5.74, 6) is 0.592. The van der Waals surface area contributed by atoms with Crippen LogP contribution in [0.25, 0.3) is 0 Å². The maximum atomic E-state index is 11.7. The summed E-state index contributed by atoms with van der Waals surface area (Å²) in [6.45, 7) is 4.76. The van der Waals surface area contributed by atoms with Gasteiger partial charge in [-0.25, -0.2) is 4.98 Å². The Morgan fingerprint density at radius 3 is 2.64 bits per heavy atom. The molecule has 0 aliphatic carbocycles. The topological polar surface area (TPSA) is 54.0 Å². The van der Waals surface area contributed by atoms with Crippen LogP contribution >= 0.6 is 11.6 Å². The van der Waals surface area contributed by atoms with Gasteiger partial charge in [0, 0.05) is 24.3 Å². The third-order valence-corrected chi connectivity index (χ3v) is 3.32. The molecule has 1 aromatic heterocycles. The Morgan fingerprint density at radius 1 is 1.23 bits per heavy atom. The highest BCUT2D eigenvalue weighted by molar-refractivity contribution is 6.30. The van der Waals surface area contributed by atoms with Gasteiger partial charge in [0.15, 0.2) is 0 Å². The molecule has 0 unspecified atom stereocenters. The number of pyridine rings is 1. The lowest BCUT2D eigenvalue weighted by Gasteiger charge is -2.07. The van der Waals surface area contributed by atoms with E-state index in [2.05, 4.69) is 22.2 Å². The lowest BCUT2D eigenvalue weighted by atomic mass is 10.1. The molecule has 1 amide bonds. The van der Waals surface area contributed by atoms with E-state index >= 15 is 0 Å². The van der Waals surface area contributed by atoms with Gasteiger partial charge in [-0.15, -0.1) is 6.58 Å². The van der Waals surface area contributed by atoms with Crippen molar-refractivity contribution in [1.29, 1.82) is 0 Å². The summed E-state index contributed by atoms with van der Waals surface area (Å²) >= 11 is 5.85. The molecule has 0 bridgehead atoms. The van der Waals surface area contributed by atoms with E-state index < -0.39 is 0 Å². The zero-order valence-corrected chi connectivity index (χ0v) is 12.9. The van der Waals surface area contributed by atoms with Gasteiger partial charge in [-0.1, -0.05) is 29.8 Å². The molecule has 4 nitrogen and oxygen atoms in total. The average molecular weight is 316 g/mol. The van der Waals surface area contributed by atoms with Crippen LogP contribution in [0.4, 0.5) is 5.82 Å². The largest absolute Gasteiger partial charge is 0.370 e. The van der Waals surface area contributed by atoms with E-state index in [0.717, 1.165) is 23.8 Å². The number of aromatic nitrogens is 1. The van der Waals surface area contributed by atoms with Crippen LogP contribution in [0, 0.1) is 0 Å². The number of halogens is 1. The second-order valence-electron chi connectivity index (χ2n) is 4.73. The molecular weight excluding hydrogens is 298 g/mol. The number of hydrogen-bond acceptors (Lipinski definition) is 3. The minimum atomic E-state index is -0.153. The fraction of sp³-hybridized carbons (Fsp3) is 0.176.